The smallest absolute Gasteiger partial charge is 0.188 e. The van der Waals surface area contributed by atoms with E-state index in [4.69, 9.17) is 10.8 Å². The molecule has 0 aliphatic rings. The molecule has 4 rings (SSSR count). The first-order chi connectivity index (χ1) is 13.1. The van der Waals surface area contributed by atoms with E-state index in [-0.39, 0.29) is 16.5 Å². The minimum atomic E-state index is -0.356. The molecule has 27 heavy (non-hydrogen) atoms. The summed E-state index contributed by atoms with van der Waals surface area (Å²) in [4.78, 5) is 5.14. The summed E-state index contributed by atoms with van der Waals surface area (Å²) in [6.07, 6.45) is 1.74. The Bertz CT molecular complexity index is 1220. The lowest BCUT2D eigenvalue weighted by Gasteiger charge is -2.10. The van der Waals surface area contributed by atoms with Crippen molar-refractivity contribution in [1.82, 2.24) is 14.8 Å². The highest BCUT2D eigenvalue weighted by molar-refractivity contribution is 8.13. The van der Waals surface area contributed by atoms with Crippen LogP contribution in [-0.2, 0) is 0 Å². The van der Waals surface area contributed by atoms with Gasteiger partial charge in [-0.15, -0.1) is 0 Å². The Morgan fingerprint density at radius 1 is 1.00 bits per heavy atom. The van der Waals surface area contributed by atoms with Crippen LogP contribution >= 0.6 is 11.8 Å². The van der Waals surface area contributed by atoms with E-state index in [0.717, 1.165) is 15.8 Å². The van der Waals surface area contributed by atoms with Crippen molar-refractivity contribution in [1.29, 1.82) is 10.8 Å². The number of rotatable bonds is 2. The van der Waals surface area contributed by atoms with Crippen molar-refractivity contribution in [3.05, 3.63) is 84.2 Å². The third kappa shape index (κ3) is 3.63. The monoisotopic (exact) mass is 375 g/mol. The molecule has 5 nitrogen and oxygen atoms in total. The molecule has 2 N–H and O–H groups in total. The van der Waals surface area contributed by atoms with Crippen LogP contribution in [0.15, 0.2) is 77.8 Å². The molecular weight excluding hydrogens is 361 g/mol. The molecule has 0 aliphatic carbocycles. The molecule has 0 bridgehead atoms. The number of hydrogen-bond acceptors (Lipinski definition) is 5. The van der Waals surface area contributed by atoms with Crippen LogP contribution in [0, 0.1) is 16.6 Å². The summed E-state index contributed by atoms with van der Waals surface area (Å²) in [5.41, 5.74) is 2.06. The summed E-state index contributed by atoms with van der Waals surface area (Å²) in [5.74, 6) is -0.356. The van der Waals surface area contributed by atoms with Crippen LogP contribution in [0.5, 0.6) is 0 Å². The van der Waals surface area contributed by atoms with Crippen LogP contribution in [0.25, 0.3) is 22.2 Å². The first-order valence-electron chi connectivity index (χ1n) is 8.13. The zero-order valence-corrected chi connectivity index (χ0v) is 14.9. The molecular formula is C20H14FN5S. The molecule has 4 aromatic rings. The molecule has 0 saturated carbocycles. The second-order valence-electron chi connectivity index (χ2n) is 5.79. The van der Waals surface area contributed by atoms with Gasteiger partial charge in [0.05, 0.1) is 11.2 Å². The Balaban J connectivity index is 1.66. The van der Waals surface area contributed by atoms with Crippen molar-refractivity contribution in [2.24, 2.45) is 0 Å². The van der Waals surface area contributed by atoms with Crippen LogP contribution in [0.1, 0.15) is 0 Å². The highest BCUT2D eigenvalue weighted by Gasteiger charge is 2.09. The molecule has 7 heteroatoms. The summed E-state index contributed by atoms with van der Waals surface area (Å²) >= 11 is 1.19. The van der Waals surface area contributed by atoms with Gasteiger partial charge in [-0.3, -0.25) is 15.8 Å². The molecule has 0 radical (unpaired) electrons. The van der Waals surface area contributed by atoms with E-state index in [2.05, 4.69) is 10.1 Å². The topological polar surface area (TPSA) is 78.4 Å². The van der Waals surface area contributed by atoms with Gasteiger partial charge in [-0.25, -0.2) is 4.39 Å². The normalized spacial score (nSPS) is 10.9. The number of fused-ring (bicyclic) bond motifs is 1. The quantitative estimate of drug-likeness (QED) is 0.312. The summed E-state index contributed by atoms with van der Waals surface area (Å²) in [6, 6.07) is 18.8. The molecule has 0 atom stereocenters. The number of hydrogen-bond donors (Lipinski definition) is 2. The largest absolute Gasteiger partial charge is 0.283 e. The minimum absolute atomic E-state index is 0.0788. The zero-order valence-electron chi connectivity index (χ0n) is 14.1. The van der Waals surface area contributed by atoms with Gasteiger partial charge in [0.2, 0.25) is 0 Å². The SMILES string of the molecule is N=C(Sc1ccc2ncccc2c1)n1nc(-c2cccc(F)c2)ccc1=N. The first-order valence-corrected chi connectivity index (χ1v) is 8.94. The number of nitrogens with zero attached hydrogens (tertiary/aromatic N) is 3. The number of pyridine rings is 1. The van der Waals surface area contributed by atoms with E-state index < -0.39 is 0 Å². The van der Waals surface area contributed by atoms with Crippen LogP contribution in [-0.4, -0.2) is 19.9 Å². The van der Waals surface area contributed by atoms with Gasteiger partial charge in [0.1, 0.15) is 11.3 Å². The Kier molecular flexibility index (Phi) is 4.52. The Labute approximate surface area is 158 Å². The van der Waals surface area contributed by atoms with E-state index in [1.54, 1.807) is 30.5 Å². The fraction of sp³-hybridized carbons (Fsp3) is 0. The second kappa shape index (κ2) is 7.13. The van der Waals surface area contributed by atoms with Gasteiger partial charge in [0, 0.05) is 22.0 Å². The molecule has 2 heterocycles. The van der Waals surface area contributed by atoms with Crippen molar-refractivity contribution >= 4 is 27.8 Å². The lowest BCUT2D eigenvalue weighted by Crippen LogP contribution is -2.27. The number of aromatic nitrogens is 3. The average molecular weight is 375 g/mol. The van der Waals surface area contributed by atoms with E-state index in [9.17, 15) is 4.39 Å². The molecule has 132 valence electrons. The third-order valence-corrected chi connectivity index (χ3v) is 4.79. The van der Waals surface area contributed by atoms with Gasteiger partial charge in [0.25, 0.3) is 0 Å². The maximum atomic E-state index is 13.5. The predicted molar refractivity (Wildman–Crippen MR) is 104 cm³/mol. The predicted octanol–water partition coefficient (Wildman–Crippen LogP) is 4.29. The second-order valence-corrected chi connectivity index (χ2v) is 6.85. The first kappa shape index (κ1) is 17.1. The summed E-state index contributed by atoms with van der Waals surface area (Å²) in [7, 11) is 0. The maximum Gasteiger partial charge on any atom is 0.188 e. The highest BCUT2D eigenvalue weighted by atomic mass is 32.2. The fourth-order valence-corrected chi connectivity index (χ4v) is 3.42. The van der Waals surface area contributed by atoms with Crippen molar-refractivity contribution in [3.8, 4) is 11.3 Å². The van der Waals surface area contributed by atoms with Crippen LogP contribution < -0.4 is 5.49 Å². The van der Waals surface area contributed by atoms with Gasteiger partial charge in [-0.2, -0.15) is 9.78 Å². The summed E-state index contributed by atoms with van der Waals surface area (Å²) in [5, 5.41) is 21.8. The van der Waals surface area contributed by atoms with Gasteiger partial charge in [-0.1, -0.05) is 30.0 Å². The van der Waals surface area contributed by atoms with Crippen LogP contribution in [0.3, 0.4) is 0 Å². The van der Waals surface area contributed by atoms with Gasteiger partial charge in [0.15, 0.2) is 5.17 Å². The van der Waals surface area contributed by atoms with Crippen molar-refractivity contribution in [3.63, 3.8) is 0 Å². The molecule has 2 aromatic heterocycles. The van der Waals surface area contributed by atoms with E-state index in [0.29, 0.717) is 11.3 Å². The number of halogens is 1. The minimum Gasteiger partial charge on any atom is -0.283 e. The zero-order chi connectivity index (χ0) is 18.8. The number of thioether (sulfide) groups is 1. The van der Waals surface area contributed by atoms with E-state index >= 15 is 0 Å². The Morgan fingerprint density at radius 2 is 1.89 bits per heavy atom. The maximum absolute atomic E-state index is 13.5. The average Bonchev–Trinajstić information content (AvgIpc) is 2.68. The fourth-order valence-electron chi connectivity index (χ4n) is 2.65. The Morgan fingerprint density at radius 3 is 2.74 bits per heavy atom. The lowest BCUT2D eigenvalue weighted by molar-refractivity contribution is 0.628. The van der Waals surface area contributed by atoms with Crippen LogP contribution in [0.4, 0.5) is 4.39 Å². The van der Waals surface area contributed by atoms with Crippen LogP contribution in [0.2, 0.25) is 0 Å². The molecule has 2 aromatic carbocycles. The lowest BCUT2D eigenvalue weighted by atomic mass is 10.1. The summed E-state index contributed by atoms with van der Waals surface area (Å²) < 4.78 is 14.7. The van der Waals surface area contributed by atoms with E-state index in [1.165, 1.54) is 28.6 Å². The molecule has 0 spiro atoms. The Hall–Kier alpha value is -3.32. The van der Waals surface area contributed by atoms with Crippen molar-refractivity contribution < 1.29 is 4.39 Å². The van der Waals surface area contributed by atoms with Gasteiger partial charge >= 0.3 is 0 Å². The molecule has 0 amide bonds. The van der Waals surface area contributed by atoms with Gasteiger partial charge in [-0.05, 0) is 48.5 Å². The third-order valence-electron chi connectivity index (χ3n) is 3.94. The van der Waals surface area contributed by atoms with Gasteiger partial charge < -0.3 is 0 Å². The standard InChI is InChI=1S/C20H14FN5S/c21-15-5-1-3-13(11-15)18-8-9-19(22)26(25-18)20(23)27-16-6-7-17-14(12-16)4-2-10-24-17/h1-12,22-23H. The number of nitrogens with one attached hydrogen (secondary N) is 2. The highest BCUT2D eigenvalue weighted by Crippen LogP contribution is 2.24. The molecule has 0 aliphatic heterocycles. The molecule has 0 unspecified atom stereocenters. The van der Waals surface area contributed by atoms with E-state index in [1.807, 2.05) is 30.3 Å². The molecule has 0 saturated heterocycles. The number of benzene rings is 2. The van der Waals surface area contributed by atoms with Crippen molar-refractivity contribution in [2.45, 2.75) is 4.90 Å². The summed E-state index contributed by atoms with van der Waals surface area (Å²) in [6.45, 7) is 0. The molecule has 0 fully saturated rings. The van der Waals surface area contributed by atoms with Crippen molar-refractivity contribution in [2.75, 3.05) is 0 Å².